The van der Waals surface area contributed by atoms with Gasteiger partial charge in [0.2, 0.25) is 0 Å². The van der Waals surface area contributed by atoms with Gasteiger partial charge in [-0.25, -0.2) is 4.98 Å². The lowest BCUT2D eigenvalue weighted by Crippen LogP contribution is -1.88. The van der Waals surface area contributed by atoms with Gasteiger partial charge in [0.15, 0.2) is 0 Å². The number of nitriles is 1. The number of fused-ring (bicyclic) bond motifs is 1. The molecule has 6 heteroatoms. The van der Waals surface area contributed by atoms with Crippen LogP contribution in [0.5, 0.6) is 0 Å². The number of benzene rings is 3. The third-order valence-electron chi connectivity index (χ3n) is 4.33. The van der Waals surface area contributed by atoms with Crippen molar-refractivity contribution < 1.29 is 4.92 Å². The monoisotopic (exact) mass is 383 g/mol. The summed E-state index contributed by atoms with van der Waals surface area (Å²) in [7, 11) is 0. The molecule has 0 amide bonds. The van der Waals surface area contributed by atoms with Crippen LogP contribution >= 0.6 is 11.3 Å². The maximum absolute atomic E-state index is 11.0. The van der Waals surface area contributed by atoms with E-state index in [0.29, 0.717) is 21.8 Å². The summed E-state index contributed by atoms with van der Waals surface area (Å²) >= 11 is 1.34. The predicted molar refractivity (Wildman–Crippen MR) is 112 cm³/mol. The van der Waals surface area contributed by atoms with Gasteiger partial charge in [0.25, 0.3) is 5.69 Å². The lowest BCUT2D eigenvalue weighted by atomic mass is 10.0. The average Bonchev–Trinajstić information content (AvgIpc) is 3.22. The molecule has 0 bridgehead atoms. The first kappa shape index (κ1) is 17.6. The molecule has 3 aromatic carbocycles. The molecule has 0 radical (unpaired) electrons. The summed E-state index contributed by atoms with van der Waals surface area (Å²) in [6, 6.07) is 22.5. The van der Waals surface area contributed by atoms with Gasteiger partial charge in [-0.15, -0.1) is 11.3 Å². The molecule has 5 nitrogen and oxygen atoms in total. The molecule has 1 aromatic heterocycles. The molecule has 0 aliphatic rings. The summed E-state index contributed by atoms with van der Waals surface area (Å²) in [4.78, 5) is 15.1. The highest BCUT2D eigenvalue weighted by Crippen LogP contribution is 2.30. The minimum atomic E-state index is -0.433. The van der Waals surface area contributed by atoms with Crippen molar-refractivity contribution in [3.05, 3.63) is 92.8 Å². The number of allylic oxidation sites excluding steroid dienone is 1. The van der Waals surface area contributed by atoms with Gasteiger partial charge >= 0.3 is 0 Å². The molecule has 0 atom stereocenters. The number of nitrogens with zero attached hydrogens (tertiary/aromatic N) is 3. The molecule has 0 saturated heterocycles. The van der Waals surface area contributed by atoms with Crippen molar-refractivity contribution in [3.63, 3.8) is 0 Å². The van der Waals surface area contributed by atoms with E-state index in [0.717, 1.165) is 16.3 Å². The summed E-state index contributed by atoms with van der Waals surface area (Å²) in [5.41, 5.74) is 2.68. The molecule has 0 N–H and O–H groups in total. The zero-order chi connectivity index (χ0) is 19.5. The Bertz CT molecular complexity index is 1260. The first-order chi connectivity index (χ1) is 13.7. The van der Waals surface area contributed by atoms with E-state index < -0.39 is 4.92 Å². The summed E-state index contributed by atoms with van der Waals surface area (Å²) in [5.74, 6) is 0. The molecular formula is C22H13N3O2S. The molecule has 0 spiro atoms. The van der Waals surface area contributed by atoms with E-state index in [9.17, 15) is 15.4 Å². The first-order valence-corrected chi connectivity index (χ1v) is 9.34. The van der Waals surface area contributed by atoms with Crippen LogP contribution in [0.4, 0.5) is 5.69 Å². The van der Waals surface area contributed by atoms with Gasteiger partial charge in [-0.3, -0.25) is 10.1 Å². The van der Waals surface area contributed by atoms with Gasteiger partial charge in [0.1, 0.15) is 11.1 Å². The largest absolute Gasteiger partial charge is 0.270 e. The fourth-order valence-electron chi connectivity index (χ4n) is 2.98. The van der Waals surface area contributed by atoms with Gasteiger partial charge in [-0.1, -0.05) is 54.6 Å². The third-order valence-corrected chi connectivity index (χ3v) is 5.21. The maximum atomic E-state index is 11.0. The maximum Gasteiger partial charge on any atom is 0.270 e. The van der Waals surface area contributed by atoms with Crippen molar-refractivity contribution in [2.45, 2.75) is 0 Å². The molecule has 1 heterocycles. The Morgan fingerprint density at radius 1 is 1.11 bits per heavy atom. The predicted octanol–water partition coefficient (Wildman–Crippen LogP) is 5.94. The minimum Gasteiger partial charge on any atom is -0.258 e. The van der Waals surface area contributed by atoms with E-state index in [1.807, 2.05) is 53.9 Å². The van der Waals surface area contributed by atoms with Gasteiger partial charge in [-0.05, 0) is 22.4 Å². The Labute approximate surface area is 165 Å². The SMILES string of the molecule is N#C/C(=C\c1cccc2ccccc12)c1nc(-c2cccc([N+](=O)[O-])c2)cs1. The van der Waals surface area contributed by atoms with Gasteiger partial charge in [0.05, 0.1) is 16.2 Å². The van der Waals surface area contributed by atoms with Crippen LogP contribution in [0, 0.1) is 21.4 Å². The minimum absolute atomic E-state index is 0.0128. The van der Waals surface area contributed by atoms with Crippen molar-refractivity contribution in [2.75, 3.05) is 0 Å². The van der Waals surface area contributed by atoms with Crippen LogP contribution in [0.25, 0.3) is 33.7 Å². The fourth-order valence-corrected chi connectivity index (χ4v) is 3.78. The lowest BCUT2D eigenvalue weighted by Gasteiger charge is -2.02. The summed E-state index contributed by atoms with van der Waals surface area (Å²) in [6.07, 6.45) is 1.83. The molecule has 4 aromatic rings. The lowest BCUT2D eigenvalue weighted by molar-refractivity contribution is -0.384. The Hall–Kier alpha value is -3.82. The van der Waals surface area contributed by atoms with Crippen LogP contribution < -0.4 is 0 Å². The number of rotatable bonds is 4. The smallest absolute Gasteiger partial charge is 0.258 e. The van der Waals surface area contributed by atoms with Crippen LogP contribution in [-0.4, -0.2) is 9.91 Å². The molecule has 0 fully saturated rings. The molecule has 0 saturated carbocycles. The summed E-state index contributed by atoms with van der Waals surface area (Å²) < 4.78 is 0. The van der Waals surface area contributed by atoms with Crippen molar-refractivity contribution in [1.82, 2.24) is 4.98 Å². The van der Waals surface area contributed by atoms with Gasteiger partial charge in [-0.2, -0.15) is 5.26 Å². The van der Waals surface area contributed by atoms with Crippen LogP contribution in [0.15, 0.2) is 72.1 Å². The highest BCUT2D eigenvalue weighted by molar-refractivity contribution is 7.11. The highest BCUT2D eigenvalue weighted by Gasteiger charge is 2.12. The molecule has 0 unspecified atom stereocenters. The number of thiazole rings is 1. The van der Waals surface area contributed by atoms with Gasteiger partial charge in [0, 0.05) is 23.1 Å². The molecule has 134 valence electrons. The number of aromatic nitrogens is 1. The van der Waals surface area contributed by atoms with Crippen molar-refractivity contribution in [2.24, 2.45) is 0 Å². The Morgan fingerprint density at radius 3 is 2.71 bits per heavy atom. The molecule has 0 aliphatic heterocycles. The van der Waals surface area contributed by atoms with E-state index in [-0.39, 0.29) is 5.69 Å². The van der Waals surface area contributed by atoms with E-state index in [4.69, 9.17) is 0 Å². The standard InChI is InChI=1S/C22H13N3O2S/c23-13-18(11-16-7-3-6-15-5-1-2-10-20(15)16)22-24-21(14-28-22)17-8-4-9-19(12-17)25(26)27/h1-12,14H/b18-11+. The number of hydrogen-bond donors (Lipinski definition) is 0. The van der Waals surface area contributed by atoms with Crippen molar-refractivity contribution in [3.8, 4) is 17.3 Å². The van der Waals surface area contributed by atoms with Crippen molar-refractivity contribution in [1.29, 1.82) is 5.26 Å². The molecule has 28 heavy (non-hydrogen) atoms. The van der Waals surface area contributed by atoms with E-state index >= 15 is 0 Å². The fraction of sp³-hybridized carbons (Fsp3) is 0. The van der Waals surface area contributed by atoms with E-state index in [1.165, 1.54) is 23.5 Å². The first-order valence-electron chi connectivity index (χ1n) is 8.46. The number of nitro benzene ring substituents is 1. The normalized spacial score (nSPS) is 11.3. The topological polar surface area (TPSA) is 79.8 Å². The zero-order valence-corrected chi connectivity index (χ0v) is 15.4. The third kappa shape index (κ3) is 3.39. The highest BCUT2D eigenvalue weighted by atomic mass is 32.1. The second-order valence-corrected chi connectivity index (χ2v) is 6.94. The summed E-state index contributed by atoms with van der Waals surface area (Å²) in [5, 5.41) is 25.2. The van der Waals surface area contributed by atoms with Crippen LogP contribution in [0.1, 0.15) is 10.6 Å². The van der Waals surface area contributed by atoms with E-state index in [1.54, 1.807) is 12.1 Å². The second kappa shape index (κ2) is 7.43. The Kier molecular flexibility index (Phi) is 4.67. The van der Waals surface area contributed by atoms with Crippen LogP contribution in [0.2, 0.25) is 0 Å². The molecule has 0 aliphatic carbocycles. The number of nitro groups is 1. The van der Waals surface area contributed by atoms with Crippen molar-refractivity contribution >= 4 is 39.4 Å². The average molecular weight is 383 g/mol. The Morgan fingerprint density at radius 2 is 1.89 bits per heavy atom. The van der Waals surface area contributed by atoms with Crippen LogP contribution in [-0.2, 0) is 0 Å². The Balaban J connectivity index is 1.74. The second-order valence-electron chi connectivity index (χ2n) is 6.08. The summed E-state index contributed by atoms with van der Waals surface area (Å²) in [6.45, 7) is 0. The van der Waals surface area contributed by atoms with E-state index in [2.05, 4.69) is 11.1 Å². The number of hydrogen-bond acceptors (Lipinski definition) is 5. The number of non-ortho nitro benzene ring substituents is 1. The molecule has 4 rings (SSSR count). The quantitative estimate of drug-likeness (QED) is 0.248. The van der Waals surface area contributed by atoms with Crippen LogP contribution in [0.3, 0.4) is 0 Å². The zero-order valence-electron chi connectivity index (χ0n) is 14.6. The van der Waals surface area contributed by atoms with Gasteiger partial charge < -0.3 is 0 Å². The molecular weight excluding hydrogens is 370 g/mol.